The number of benzene rings is 1. The molecule has 0 aliphatic carbocycles. The molecule has 3 nitrogen and oxygen atoms in total. The Morgan fingerprint density at radius 2 is 1.87 bits per heavy atom. The van der Waals surface area contributed by atoms with Gasteiger partial charge in [0, 0.05) is 59.0 Å². The molecule has 7 heteroatoms. The fourth-order valence-electron chi connectivity index (χ4n) is 1.95. The molecule has 1 aliphatic heterocycles. The predicted octanol–water partition coefficient (Wildman–Crippen LogP) is 3.71. The first-order chi connectivity index (χ1) is 10.5. The molecule has 1 aromatic rings. The van der Waals surface area contributed by atoms with Gasteiger partial charge in [-0.3, -0.25) is 0 Å². The number of rotatable bonds is 5. The number of methoxy groups -OCH3 is 1. The Bertz CT molecular complexity index is 638. The summed E-state index contributed by atoms with van der Waals surface area (Å²) in [6.07, 6.45) is 4.20. The number of nitrogens with zero attached hydrogens (tertiary/aromatic N) is 1. The van der Waals surface area contributed by atoms with Crippen LogP contribution < -0.4 is 4.74 Å². The van der Waals surface area contributed by atoms with Gasteiger partial charge in [-0.25, -0.2) is 8.78 Å². The third-order valence-corrected chi connectivity index (χ3v) is 3.49. The molecule has 2 rings (SSSR count). The Morgan fingerprint density at radius 1 is 1.26 bits per heavy atom. The van der Waals surface area contributed by atoms with Crippen molar-refractivity contribution in [3.05, 3.63) is 58.8 Å². The summed E-state index contributed by atoms with van der Waals surface area (Å²) in [4.78, 5) is 1.48. The molecule has 1 radical (unpaired) electrons. The third kappa shape index (κ3) is 4.63. The summed E-state index contributed by atoms with van der Waals surface area (Å²) in [7, 11) is 3.13. The average Bonchev–Trinajstić information content (AvgIpc) is 2.47. The van der Waals surface area contributed by atoms with Gasteiger partial charge in [-0.15, -0.1) is 0 Å². The quantitative estimate of drug-likeness (QED) is 0.540. The molecule has 23 heavy (non-hydrogen) atoms. The van der Waals surface area contributed by atoms with E-state index in [1.165, 1.54) is 18.1 Å². The van der Waals surface area contributed by atoms with E-state index < -0.39 is 11.6 Å². The maximum Gasteiger partial charge on any atom is 0.123 e. The third-order valence-electron chi connectivity index (χ3n) is 3.16. The Balaban J connectivity index is 0.00000264. The van der Waals surface area contributed by atoms with Gasteiger partial charge in [0.25, 0.3) is 0 Å². The summed E-state index contributed by atoms with van der Waals surface area (Å²) in [6.45, 7) is 4.30. The number of hydrogen-bond acceptors (Lipinski definition) is 3. The van der Waals surface area contributed by atoms with Crippen molar-refractivity contribution < 1.29 is 51.0 Å². The topological polar surface area (TPSA) is 21.7 Å². The molecule has 0 spiro atoms. The molecule has 0 amide bonds. The monoisotopic (exact) mass is 415 g/mol. The SMILES string of the molecule is C=C1C(Cl)=C[C-]=C(c2c(F)cc(OCCOC)cc2F)N1C.[Y]. The van der Waals surface area contributed by atoms with Gasteiger partial charge in [0.15, 0.2) is 0 Å². The van der Waals surface area contributed by atoms with Gasteiger partial charge in [0.05, 0.1) is 18.2 Å². The molecular formula is C16H15ClF2NO2Y-. The second kappa shape index (κ2) is 8.93. The van der Waals surface area contributed by atoms with E-state index in [4.69, 9.17) is 21.1 Å². The van der Waals surface area contributed by atoms with Crippen LogP contribution in [0.3, 0.4) is 0 Å². The van der Waals surface area contributed by atoms with Crippen LogP contribution in [0.25, 0.3) is 5.70 Å². The number of ether oxygens (including phenoxy) is 2. The van der Waals surface area contributed by atoms with Crippen molar-refractivity contribution in [3.63, 3.8) is 0 Å². The summed E-state index contributed by atoms with van der Waals surface area (Å²) in [5, 5.41) is 0.367. The van der Waals surface area contributed by atoms with Gasteiger partial charge in [-0.05, 0) is 16.3 Å². The molecule has 0 atom stereocenters. The van der Waals surface area contributed by atoms with Crippen molar-refractivity contribution in [1.82, 2.24) is 4.90 Å². The minimum Gasteiger partial charge on any atom is -0.491 e. The number of likely N-dealkylation sites (N-methyl/N-ethyl adjacent to an activating group) is 1. The second-order valence-corrected chi connectivity index (χ2v) is 5.00. The van der Waals surface area contributed by atoms with E-state index in [1.54, 1.807) is 7.05 Å². The van der Waals surface area contributed by atoms with Crippen molar-refractivity contribution in [2.45, 2.75) is 0 Å². The van der Waals surface area contributed by atoms with Gasteiger partial charge in [-0.2, -0.15) is 23.8 Å². The zero-order valence-corrected chi connectivity index (χ0v) is 16.4. The zero-order chi connectivity index (χ0) is 16.3. The maximum atomic E-state index is 14.3. The predicted molar refractivity (Wildman–Crippen MR) is 81.2 cm³/mol. The molecule has 0 bridgehead atoms. The van der Waals surface area contributed by atoms with Crippen molar-refractivity contribution in [1.29, 1.82) is 0 Å². The van der Waals surface area contributed by atoms with Crippen LogP contribution in [0, 0.1) is 17.7 Å². The van der Waals surface area contributed by atoms with E-state index in [2.05, 4.69) is 12.7 Å². The summed E-state index contributed by atoms with van der Waals surface area (Å²) >= 11 is 5.92. The molecule has 121 valence electrons. The molecule has 0 saturated carbocycles. The van der Waals surface area contributed by atoms with E-state index in [0.717, 1.165) is 12.1 Å². The minimum absolute atomic E-state index is 0. The fraction of sp³-hybridized carbons (Fsp3) is 0.250. The van der Waals surface area contributed by atoms with Gasteiger partial charge < -0.3 is 14.4 Å². The van der Waals surface area contributed by atoms with E-state index in [9.17, 15) is 8.78 Å². The van der Waals surface area contributed by atoms with Crippen molar-refractivity contribution in [3.8, 4) is 5.75 Å². The molecule has 0 N–H and O–H groups in total. The van der Waals surface area contributed by atoms with Crippen molar-refractivity contribution in [2.75, 3.05) is 27.4 Å². The van der Waals surface area contributed by atoms with Crippen molar-refractivity contribution >= 4 is 17.3 Å². The number of halogens is 3. The molecule has 0 unspecified atom stereocenters. The summed E-state index contributed by atoms with van der Waals surface area (Å²) < 4.78 is 38.6. The van der Waals surface area contributed by atoms with Crippen LogP contribution in [0.15, 0.2) is 35.5 Å². The van der Waals surface area contributed by atoms with Crippen LogP contribution >= 0.6 is 11.6 Å². The summed E-state index contributed by atoms with van der Waals surface area (Å²) in [5.41, 5.74) is 0.450. The van der Waals surface area contributed by atoms with Crippen LogP contribution in [-0.2, 0) is 37.4 Å². The maximum absolute atomic E-state index is 14.3. The molecule has 1 heterocycles. The normalized spacial score (nSPS) is 14.1. The first-order valence-corrected chi connectivity index (χ1v) is 6.86. The average molecular weight is 416 g/mol. The van der Waals surface area contributed by atoms with Crippen molar-refractivity contribution in [2.24, 2.45) is 0 Å². The van der Waals surface area contributed by atoms with Crippen LogP contribution in [0.2, 0.25) is 0 Å². The Morgan fingerprint density at radius 3 is 2.43 bits per heavy atom. The Hall–Kier alpha value is -0.746. The number of hydrogen-bond donors (Lipinski definition) is 0. The van der Waals surface area contributed by atoms with E-state index in [1.807, 2.05) is 0 Å². The number of allylic oxidation sites excluding steroid dienone is 3. The van der Waals surface area contributed by atoms with Crippen LogP contribution in [0.1, 0.15) is 5.56 Å². The molecule has 0 fully saturated rings. The molecule has 0 aromatic heterocycles. The van der Waals surface area contributed by atoms with E-state index >= 15 is 0 Å². The summed E-state index contributed by atoms with van der Waals surface area (Å²) in [5.74, 6) is -1.40. The first kappa shape index (κ1) is 20.3. The molecular weight excluding hydrogens is 401 g/mol. The van der Waals surface area contributed by atoms with Gasteiger partial charge in [0.2, 0.25) is 0 Å². The van der Waals surface area contributed by atoms with E-state index in [0.29, 0.717) is 17.3 Å². The molecule has 1 aromatic carbocycles. The largest absolute Gasteiger partial charge is 0.491 e. The smallest absolute Gasteiger partial charge is 0.123 e. The standard InChI is InChI=1S/C16H15ClF2NO2.Y/c1-10-12(17)4-5-15(20(10)2)16-13(18)8-11(9-14(16)19)22-7-6-21-3;/h4,8-9H,1,6-7H2,2-3H3;/q-1;. The Kier molecular flexibility index (Phi) is 7.88. The summed E-state index contributed by atoms with van der Waals surface area (Å²) in [6, 6.07) is 2.25. The van der Waals surface area contributed by atoms with Gasteiger partial charge in [0.1, 0.15) is 12.4 Å². The van der Waals surface area contributed by atoms with E-state index in [-0.39, 0.29) is 56.3 Å². The van der Waals surface area contributed by atoms with Gasteiger partial charge >= 0.3 is 0 Å². The Labute approximate surface area is 164 Å². The van der Waals surface area contributed by atoms with Crippen LogP contribution in [0.4, 0.5) is 8.78 Å². The fourth-order valence-corrected chi connectivity index (χ4v) is 2.13. The van der Waals surface area contributed by atoms with Gasteiger partial charge in [-0.1, -0.05) is 12.3 Å². The van der Waals surface area contributed by atoms with Crippen LogP contribution in [0.5, 0.6) is 5.75 Å². The second-order valence-electron chi connectivity index (χ2n) is 4.59. The molecule has 1 aliphatic rings. The van der Waals surface area contributed by atoms with Crippen LogP contribution in [-0.4, -0.2) is 32.3 Å². The minimum atomic E-state index is -0.749. The molecule has 0 saturated heterocycles. The first-order valence-electron chi connectivity index (χ1n) is 6.49. The zero-order valence-electron chi connectivity index (χ0n) is 12.8.